The van der Waals surface area contributed by atoms with Gasteiger partial charge in [0.25, 0.3) is 0 Å². The summed E-state index contributed by atoms with van der Waals surface area (Å²) in [6, 6.07) is 8.24. The predicted octanol–water partition coefficient (Wildman–Crippen LogP) is 1.67. The van der Waals surface area contributed by atoms with Gasteiger partial charge >= 0.3 is 0 Å². The smallest absolute Gasteiger partial charge is 0.0894 e. The van der Waals surface area contributed by atoms with Crippen LogP contribution in [0.5, 0.6) is 0 Å². The van der Waals surface area contributed by atoms with Crippen molar-refractivity contribution < 1.29 is 10.2 Å². The summed E-state index contributed by atoms with van der Waals surface area (Å²) in [5.41, 5.74) is 1.24. The van der Waals surface area contributed by atoms with Crippen LogP contribution in [0.2, 0.25) is 0 Å². The van der Waals surface area contributed by atoms with Gasteiger partial charge in [-0.05, 0) is 17.7 Å². The number of hydrogen-bond donors (Lipinski definition) is 3. The molecule has 1 unspecified atom stereocenters. The molecule has 0 spiro atoms. The molecule has 1 atom stereocenters. The van der Waals surface area contributed by atoms with Crippen LogP contribution in [0.15, 0.2) is 28.7 Å². The Balaban J connectivity index is 2.53. The minimum absolute atomic E-state index is 0.00409. The summed E-state index contributed by atoms with van der Waals surface area (Å²) in [6.45, 7) is 5.26. The van der Waals surface area contributed by atoms with Crippen molar-refractivity contribution in [3.63, 3.8) is 0 Å². The van der Waals surface area contributed by atoms with Crippen LogP contribution in [0, 0.1) is 0 Å². The lowest BCUT2D eigenvalue weighted by atomic mass is 9.84. The SMILES string of the molecule is CC(C)(CNCC(O)CO)c1ccc(Br)cc1. The van der Waals surface area contributed by atoms with E-state index in [4.69, 9.17) is 5.11 Å². The van der Waals surface area contributed by atoms with Gasteiger partial charge in [-0.25, -0.2) is 0 Å². The Labute approximate surface area is 111 Å². The molecular weight excluding hydrogens is 282 g/mol. The van der Waals surface area contributed by atoms with Gasteiger partial charge < -0.3 is 15.5 Å². The van der Waals surface area contributed by atoms with Crippen molar-refractivity contribution in [1.29, 1.82) is 0 Å². The molecule has 0 amide bonds. The Morgan fingerprint density at radius 3 is 2.41 bits per heavy atom. The molecule has 0 bridgehead atoms. The molecule has 0 aliphatic rings. The van der Waals surface area contributed by atoms with Crippen molar-refractivity contribution in [2.45, 2.75) is 25.4 Å². The van der Waals surface area contributed by atoms with Gasteiger partial charge in [-0.15, -0.1) is 0 Å². The summed E-state index contributed by atoms with van der Waals surface area (Å²) < 4.78 is 1.07. The molecule has 0 heterocycles. The van der Waals surface area contributed by atoms with Crippen LogP contribution in [0.25, 0.3) is 0 Å². The average Bonchev–Trinajstić information content (AvgIpc) is 2.29. The van der Waals surface area contributed by atoms with Crippen molar-refractivity contribution in [3.05, 3.63) is 34.3 Å². The number of rotatable bonds is 6. The first-order valence-electron chi connectivity index (χ1n) is 5.71. The van der Waals surface area contributed by atoms with E-state index < -0.39 is 6.10 Å². The fraction of sp³-hybridized carbons (Fsp3) is 0.538. The highest BCUT2D eigenvalue weighted by Gasteiger charge is 2.20. The third-order valence-corrected chi connectivity index (χ3v) is 3.31. The van der Waals surface area contributed by atoms with Crippen molar-refractivity contribution in [3.8, 4) is 0 Å². The summed E-state index contributed by atoms with van der Waals surface area (Å²) in [5, 5.41) is 21.1. The molecule has 0 fully saturated rings. The topological polar surface area (TPSA) is 52.5 Å². The van der Waals surface area contributed by atoms with E-state index in [0.717, 1.165) is 11.0 Å². The molecule has 0 aliphatic heterocycles. The molecule has 0 aromatic heterocycles. The van der Waals surface area contributed by atoms with E-state index in [0.29, 0.717) is 6.54 Å². The number of aliphatic hydroxyl groups is 2. The van der Waals surface area contributed by atoms with E-state index in [1.165, 1.54) is 5.56 Å². The Morgan fingerprint density at radius 2 is 1.88 bits per heavy atom. The highest BCUT2D eigenvalue weighted by molar-refractivity contribution is 9.10. The maximum atomic E-state index is 9.24. The number of nitrogens with one attached hydrogen (secondary N) is 1. The van der Waals surface area contributed by atoms with Crippen LogP contribution in [0.4, 0.5) is 0 Å². The largest absolute Gasteiger partial charge is 0.394 e. The first kappa shape index (κ1) is 14.6. The Kier molecular flexibility index (Phi) is 5.59. The summed E-state index contributed by atoms with van der Waals surface area (Å²) in [7, 11) is 0. The normalized spacial score (nSPS) is 13.7. The minimum atomic E-state index is -0.685. The first-order chi connectivity index (χ1) is 7.95. The zero-order valence-electron chi connectivity index (χ0n) is 10.3. The zero-order chi connectivity index (χ0) is 12.9. The fourth-order valence-corrected chi connectivity index (χ4v) is 1.88. The molecule has 0 saturated heterocycles. The van der Waals surface area contributed by atoms with E-state index in [9.17, 15) is 5.11 Å². The molecule has 0 radical (unpaired) electrons. The lowest BCUT2D eigenvalue weighted by Crippen LogP contribution is -2.38. The van der Waals surface area contributed by atoms with E-state index in [1.807, 2.05) is 12.1 Å². The quantitative estimate of drug-likeness (QED) is 0.749. The van der Waals surface area contributed by atoms with Gasteiger partial charge in [0.05, 0.1) is 12.7 Å². The Hall–Kier alpha value is -0.420. The lowest BCUT2D eigenvalue weighted by molar-refractivity contribution is 0.0934. The average molecular weight is 302 g/mol. The molecule has 1 aromatic rings. The van der Waals surface area contributed by atoms with Gasteiger partial charge in [0.15, 0.2) is 0 Å². The predicted molar refractivity (Wildman–Crippen MR) is 73.1 cm³/mol. The molecule has 3 N–H and O–H groups in total. The minimum Gasteiger partial charge on any atom is -0.394 e. The third-order valence-electron chi connectivity index (χ3n) is 2.78. The van der Waals surface area contributed by atoms with Crippen LogP contribution in [0.3, 0.4) is 0 Å². The molecule has 3 nitrogen and oxygen atoms in total. The Bertz CT molecular complexity index is 338. The zero-order valence-corrected chi connectivity index (χ0v) is 11.9. The summed E-state index contributed by atoms with van der Waals surface area (Å²) in [4.78, 5) is 0. The highest BCUT2D eigenvalue weighted by Crippen LogP contribution is 2.23. The molecule has 1 rings (SSSR count). The number of halogens is 1. The molecule has 17 heavy (non-hydrogen) atoms. The second-order valence-corrected chi connectivity index (χ2v) is 5.77. The van der Waals surface area contributed by atoms with Gasteiger partial charge in [0, 0.05) is 23.0 Å². The summed E-state index contributed by atoms with van der Waals surface area (Å²) in [5.74, 6) is 0. The van der Waals surface area contributed by atoms with Crippen LogP contribution >= 0.6 is 15.9 Å². The number of benzene rings is 1. The maximum absolute atomic E-state index is 9.24. The van der Waals surface area contributed by atoms with E-state index in [-0.39, 0.29) is 12.0 Å². The van der Waals surface area contributed by atoms with E-state index in [2.05, 4.69) is 47.2 Å². The van der Waals surface area contributed by atoms with E-state index >= 15 is 0 Å². The summed E-state index contributed by atoms with van der Waals surface area (Å²) in [6.07, 6.45) is -0.685. The number of aliphatic hydroxyl groups excluding tert-OH is 2. The molecular formula is C13H20BrNO2. The molecule has 0 saturated carbocycles. The van der Waals surface area contributed by atoms with Crippen molar-refractivity contribution >= 4 is 15.9 Å². The molecule has 4 heteroatoms. The monoisotopic (exact) mass is 301 g/mol. The molecule has 0 aliphatic carbocycles. The first-order valence-corrected chi connectivity index (χ1v) is 6.50. The van der Waals surface area contributed by atoms with Crippen LogP contribution in [-0.4, -0.2) is 36.0 Å². The second kappa shape index (κ2) is 6.50. The van der Waals surface area contributed by atoms with Crippen molar-refractivity contribution in [2.24, 2.45) is 0 Å². The highest BCUT2D eigenvalue weighted by atomic mass is 79.9. The van der Waals surface area contributed by atoms with Crippen LogP contribution in [-0.2, 0) is 5.41 Å². The second-order valence-electron chi connectivity index (χ2n) is 4.86. The maximum Gasteiger partial charge on any atom is 0.0894 e. The molecule has 1 aromatic carbocycles. The molecule has 96 valence electrons. The standard InChI is InChI=1S/C13H20BrNO2/c1-13(2,9-15-7-12(17)8-16)10-3-5-11(14)6-4-10/h3-6,12,15-17H,7-9H2,1-2H3. The lowest BCUT2D eigenvalue weighted by Gasteiger charge is -2.26. The number of hydrogen-bond acceptors (Lipinski definition) is 3. The van der Waals surface area contributed by atoms with Gasteiger partial charge in [0.2, 0.25) is 0 Å². The van der Waals surface area contributed by atoms with Gasteiger partial charge in [0.1, 0.15) is 0 Å². The van der Waals surface area contributed by atoms with Crippen LogP contribution < -0.4 is 5.32 Å². The summed E-state index contributed by atoms with van der Waals surface area (Å²) >= 11 is 3.42. The third kappa shape index (κ3) is 4.76. The van der Waals surface area contributed by atoms with Crippen LogP contribution in [0.1, 0.15) is 19.4 Å². The fourth-order valence-electron chi connectivity index (χ4n) is 1.62. The van der Waals surface area contributed by atoms with Gasteiger partial charge in [-0.3, -0.25) is 0 Å². The van der Waals surface area contributed by atoms with Crippen molar-refractivity contribution in [1.82, 2.24) is 5.32 Å². The Morgan fingerprint density at radius 1 is 1.29 bits per heavy atom. The van der Waals surface area contributed by atoms with Crippen molar-refractivity contribution in [2.75, 3.05) is 19.7 Å². The van der Waals surface area contributed by atoms with Gasteiger partial charge in [-0.1, -0.05) is 41.9 Å². The van der Waals surface area contributed by atoms with Gasteiger partial charge in [-0.2, -0.15) is 0 Å². The van der Waals surface area contributed by atoms with E-state index in [1.54, 1.807) is 0 Å².